The molecule has 0 fully saturated rings. The average Bonchev–Trinajstić information content (AvgIpc) is 3.23. The number of nitro groups is 1. The molecule has 0 atom stereocenters. The highest BCUT2D eigenvalue weighted by Crippen LogP contribution is 2.22. The predicted molar refractivity (Wildman–Crippen MR) is 111 cm³/mol. The molecule has 0 radical (unpaired) electrons. The highest BCUT2D eigenvalue weighted by atomic mass is 16.6. The first-order chi connectivity index (χ1) is 14.9. The third-order valence-corrected chi connectivity index (χ3v) is 4.49. The van der Waals surface area contributed by atoms with E-state index in [0.29, 0.717) is 11.5 Å². The minimum absolute atomic E-state index is 0.0369. The van der Waals surface area contributed by atoms with Crippen LogP contribution < -0.4 is 5.32 Å². The number of methoxy groups -OCH3 is 1. The number of nitro benzene ring substituents is 1. The SMILES string of the molecule is COC(=O)c1cc(C(=O)Nc2ccc(-c3cn4cccnc4n3)cc2)cc([N+](=O)[O-])c1. The number of fused-ring (bicyclic) bond motifs is 1. The Balaban J connectivity index is 1.56. The Morgan fingerprint density at radius 1 is 1.13 bits per heavy atom. The van der Waals surface area contributed by atoms with Crippen molar-refractivity contribution < 1.29 is 19.2 Å². The summed E-state index contributed by atoms with van der Waals surface area (Å²) in [5, 5.41) is 13.8. The van der Waals surface area contributed by atoms with Gasteiger partial charge in [0.25, 0.3) is 11.6 Å². The standard InChI is InChI=1S/C21H15N5O5/c1-31-20(28)15-9-14(10-17(11-15)26(29)30)19(27)23-16-5-3-13(4-6-16)18-12-25-8-2-7-22-21(25)24-18/h2-12H,1H3,(H,23,27). The van der Waals surface area contributed by atoms with Crippen molar-refractivity contribution in [2.24, 2.45) is 0 Å². The Labute approximate surface area is 175 Å². The molecule has 2 aromatic carbocycles. The number of non-ortho nitro benzene ring substituents is 1. The van der Waals surface area contributed by atoms with Crippen molar-refractivity contribution in [1.82, 2.24) is 14.4 Å². The van der Waals surface area contributed by atoms with Crippen molar-refractivity contribution in [2.75, 3.05) is 12.4 Å². The van der Waals surface area contributed by atoms with Crippen molar-refractivity contribution in [1.29, 1.82) is 0 Å². The molecule has 4 aromatic rings. The van der Waals surface area contributed by atoms with Crippen LogP contribution in [0.1, 0.15) is 20.7 Å². The average molecular weight is 417 g/mol. The minimum Gasteiger partial charge on any atom is -0.465 e. The third-order valence-electron chi connectivity index (χ3n) is 4.49. The number of hydrogen-bond donors (Lipinski definition) is 1. The smallest absolute Gasteiger partial charge is 0.338 e. The maximum Gasteiger partial charge on any atom is 0.338 e. The molecule has 2 heterocycles. The van der Waals surface area contributed by atoms with Gasteiger partial charge >= 0.3 is 5.97 Å². The number of benzene rings is 2. The third kappa shape index (κ3) is 4.08. The van der Waals surface area contributed by atoms with E-state index in [1.165, 1.54) is 6.07 Å². The zero-order valence-corrected chi connectivity index (χ0v) is 16.2. The van der Waals surface area contributed by atoms with Gasteiger partial charge in [0.05, 0.1) is 23.3 Å². The zero-order valence-electron chi connectivity index (χ0n) is 16.2. The second-order valence-electron chi connectivity index (χ2n) is 6.50. The van der Waals surface area contributed by atoms with Crippen molar-refractivity contribution >= 4 is 29.0 Å². The summed E-state index contributed by atoms with van der Waals surface area (Å²) < 4.78 is 6.39. The van der Waals surface area contributed by atoms with Crippen molar-refractivity contribution in [2.45, 2.75) is 0 Å². The minimum atomic E-state index is -0.774. The number of anilines is 1. The fourth-order valence-electron chi connectivity index (χ4n) is 2.98. The molecule has 4 rings (SSSR count). The molecule has 0 aliphatic heterocycles. The fraction of sp³-hybridized carbons (Fsp3) is 0.0476. The molecule has 10 heteroatoms. The topological polar surface area (TPSA) is 129 Å². The van der Waals surface area contributed by atoms with Gasteiger partial charge in [-0.05, 0) is 24.3 Å². The number of ether oxygens (including phenoxy) is 1. The van der Waals surface area contributed by atoms with E-state index < -0.39 is 16.8 Å². The number of aromatic nitrogens is 3. The van der Waals surface area contributed by atoms with E-state index in [4.69, 9.17) is 0 Å². The van der Waals surface area contributed by atoms with Crippen LogP contribution in [0.2, 0.25) is 0 Å². The summed E-state index contributed by atoms with van der Waals surface area (Å²) in [6.07, 6.45) is 5.34. The lowest BCUT2D eigenvalue weighted by molar-refractivity contribution is -0.384. The van der Waals surface area contributed by atoms with Crippen molar-refractivity contribution in [3.63, 3.8) is 0 Å². The molecule has 2 aromatic heterocycles. The van der Waals surface area contributed by atoms with Gasteiger partial charge in [0.1, 0.15) is 0 Å². The maximum absolute atomic E-state index is 12.6. The molecular weight excluding hydrogens is 402 g/mol. The number of nitrogens with one attached hydrogen (secondary N) is 1. The van der Waals surface area contributed by atoms with Crippen LogP contribution in [-0.2, 0) is 4.74 Å². The molecule has 1 N–H and O–H groups in total. The first-order valence-corrected chi connectivity index (χ1v) is 9.04. The molecular formula is C21H15N5O5. The van der Waals surface area contributed by atoms with Gasteiger partial charge in [0.2, 0.25) is 5.78 Å². The van der Waals surface area contributed by atoms with Crippen LogP contribution in [0.5, 0.6) is 0 Å². The van der Waals surface area contributed by atoms with Gasteiger partial charge in [-0.15, -0.1) is 0 Å². The highest BCUT2D eigenvalue weighted by molar-refractivity contribution is 6.06. The van der Waals surface area contributed by atoms with E-state index in [1.807, 2.05) is 12.4 Å². The molecule has 0 aliphatic carbocycles. The van der Waals surface area contributed by atoms with E-state index in [0.717, 1.165) is 30.5 Å². The van der Waals surface area contributed by atoms with Crippen molar-refractivity contribution in [3.8, 4) is 11.3 Å². The zero-order chi connectivity index (χ0) is 22.0. The van der Waals surface area contributed by atoms with Crippen molar-refractivity contribution in [3.05, 3.63) is 88.4 Å². The van der Waals surface area contributed by atoms with Crippen LogP contribution in [0.25, 0.3) is 17.0 Å². The molecule has 10 nitrogen and oxygen atoms in total. The van der Waals surface area contributed by atoms with E-state index in [2.05, 4.69) is 20.0 Å². The van der Waals surface area contributed by atoms with E-state index in [9.17, 15) is 19.7 Å². The maximum atomic E-state index is 12.6. The second-order valence-corrected chi connectivity index (χ2v) is 6.50. The largest absolute Gasteiger partial charge is 0.465 e. The van der Waals surface area contributed by atoms with Crippen LogP contribution in [0.4, 0.5) is 11.4 Å². The number of imidazole rings is 1. The Kier molecular flexibility index (Phi) is 5.10. The van der Waals surface area contributed by atoms with Gasteiger partial charge in [-0.1, -0.05) is 12.1 Å². The molecule has 154 valence electrons. The molecule has 0 saturated carbocycles. The number of nitrogens with zero attached hydrogens (tertiary/aromatic N) is 4. The van der Waals surface area contributed by atoms with E-state index in [-0.39, 0.29) is 16.8 Å². The molecule has 0 bridgehead atoms. The number of hydrogen-bond acceptors (Lipinski definition) is 7. The first kappa shape index (κ1) is 19.7. The Bertz CT molecular complexity index is 1280. The second kappa shape index (κ2) is 8.03. The number of rotatable bonds is 5. The van der Waals surface area contributed by atoms with Crippen LogP contribution in [0.3, 0.4) is 0 Å². The summed E-state index contributed by atoms with van der Waals surface area (Å²) >= 11 is 0. The Hall–Kier alpha value is -4.60. The molecule has 1 amide bonds. The number of amides is 1. The lowest BCUT2D eigenvalue weighted by atomic mass is 10.1. The lowest BCUT2D eigenvalue weighted by Crippen LogP contribution is -2.14. The lowest BCUT2D eigenvalue weighted by Gasteiger charge is -2.07. The van der Waals surface area contributed by atoms with Crippen LogP contribution in [0, 0.1) is 10.1 Å². The van der Waals surface area contributed by atoms with Gasteiger partial charge in [-0.25, -0.2) is 14.8 Å². The van der Waals surface area contributed by atoms with Gasteiger partial charge in [0.15, 0.2) is 0 Å². The number of carbonyl (C=O) groups is 2. The summed E-state index contributed by atoms with van der Waals surface area (Å²) in [6.45, 7) is 0. The predicted octanol–water partition coefficient (Wildman–Crippen LogP) is 3.34. The van der Waals surface area contributed by atoms with Crippen LogP contribution in [-0.4, -0.2) is 38.3 Å². The number of esters is 1. The van der Waals surface area contributed by atoms with Crippen LogP contribution >= 0.6 is 0 Å². The molecule has 0 spiro atoms. The number of carbonyl (C=O) groups excluding carboxylic acids is 2. The van der Waals surface area contributed by atoms with Gasteiger partial charge < -0.3 is 10.1 Å². The Morgan fingerprint density at radius 2 is 1.87 bits per heavy atom. The van der Waals surface area contributed by atoms with Crippen LogP contribution in [0.15, 0.2) is 67.1 Å². The summed E-state index contributed by atoms with van der Waals surface area (Å²) in [5.74, 6) is -0.801. The summed E-state index contributed by atoms with van der Waals surface area (Å²) in [4.78, 5) is 43.5. The molecule has 0 saturated heterocycles. The summed E-state index contributed by atoms with van der Waals surface area (Å²) in [6, 6.07) is 12.1. The summed E-state index contributed by atoms with van der Waals surface area (Å²) in [7, 11) is 1.15. The van der Waals surface area contributed by atoms with E-state index >= 15 is 0 Å². The quantitative estimate of drug-likeness (QED) is 0.299. The van der Waals surface area contributed by atoms with Gasteiger partial charge in [-0.2, -0.15) is 0 Å². The summed E-state index contributed by atoms with van der Waals surface area (Å²) in [5.41, 5.74) is 1.51. The highest BCUT2D eigenvalue weighted by Gasteiger charge is 2.18. The molecule has 0 unspecified atom stereocenters. The van der Waals surface area contributed by atoms with Gasteiger partial charge in [-0.3, -0.25) is 19.3 Å². The van der Waals surface area contributed by atoms with E-state index in [1.54, 1.807) is 40.9 Å². The monoisotopic (exact) mass is 417 g/mol. The first-order valence-electron chi connectivity index (χ1n) is 9.04. The molecule has 31 heavy (non-hydrogen) atoms. The Morgan fingerprint density at radius 3 is 2.55 bits per heavy atom. The normalized spacial score (nSPS) is 10.6. The fourth-order valence-corrected chi connectivity index (χ4v) is 2.98. The molecule has 0 aliphatic rings. The van der Waals surface area contributed by atoms with Gasteiger partial charge in [0, 0.05) is 47.5 Å².